The van der Waals surface area contributed by atoms with Crippen LogP contribution in [0.15, 0.2) is 85.0 Å². The van der Waals surface area contributed by atoms with E-state index in [1.54, 1.807) is 6.07 Å². The van der Waals surface area contributed by atoms with Crippen LogP contribution in [-0.4, -0.2) is 20.1 Å². The zero-order valence-electron chi connectivity index (χ0n) is 15.8. The van der Waals surface area contributed by atoms with Crippen LogP contribution in [-0.2, 0) is 0 Å². The van der Waals surface area contributed by atoms with Crippen LogP contribution in [0.25, 0.3) is 39.1 Å². The number of aromatic hydroxyl groups is 1. The van der Waals surface area contributed by atoms with E-state index in [-0.39, 0.29) is 5.75 Å². The smallest absolute Gasteiger partial charge is 0.168 e. The molecule has 140 valence electrons. The Kier molecular flexibility index (Phi) is 4.37. The van der Waals surface area contributed by atoms with Crippen LogP contribution in [0.5, 0.6) is 5.75 Å². The molecule has 0 aliphatic heterocycles. The first-order valence-corrected chi connectivity index (χ1v) is 9.68. The average molecular weight is 377 g/mol. The van der Waals surface area contributed by atoms with Gasteiger partial charge in [0, 0.05) is 5.56 Å². The van der Waals surface area contributed by atoms with Gasteiger partial charge in [0.15, 0.2) is 17.5 Å². The van der Waals surface area contributed by atoms with Gasteiger partial charge in [-0.15, -0.1) is 0 Å². The number of rotatable bonds is 3. The summed E-state index contributed by atoms with van der Waals surface area (Å²) in [6, 6.07) is 21.4. The number of hydrogen-bond acceptors (Lipinski definition) is 4. The lowest BCUT2D eigenvalue weighted by Gasteiger charge is -2.13. The van der Waals surface area contributed by atoms with Gasteiger partial charge in [0.05, 0.1) is 5.56 Å². The van der Waals surface area contributed by atoms with E-state index in [2.05, 4.69) is 12.2 Å². The monoisotopic (exact) mass is 377 g/mol. The third-order valence-electron chi connectivity index (χ3n) is 5.10. The van der Waals surface area contributed by atoms with Gasteiger partial charge in [-0.1, -0.05) is 78.9 Å². The highest BCUT2D eigenvalue weighted by molar-refractivity contribution is 5.98. The Morgan fingerprint density at radius 3 is 2.31 bits per heavy atom. The third-order valence-corrected chi connectivity index (χ3v) is 5.10. The minimum absolute atomic E-state index is 0.164. The quantitative estimate of drug-likeness (QED) is 0.490. The van der Waals surface area contributed by atoms with Crippen LogP contribution in [0.2, 0.25) is 0 Å². The molecular weight excluding hydrogens is 358 g/mol. The number of fused-ring (bicyclic) bond motifs is 1. The minimum atomic E-state index is 0.164. The average Bonchev–Trinajstić information content (AvgIpc) is 2.80. The van der Waals surface area contributed by atoms with Gasteiger partial charge in [0.1, 0.15) is 5.75 Å². The maximum absolute atomic E-state index is 10.7. The molecule has 1 aromatic heterocycles. The summed E-state index contributed by atoms with van der Waals surface area (Å²) in [7, 11) is 0. The van der Waals surface area contributed by atoms with E-state index < -0.39 is 0 Å². The van der Waals surface area contributed by atoms with Gasteiger partial charge in [-0.05, 0) is 35.3 Å². The SMILES string of the molecule is Oc1ccc2ccccc2c1-c1nc(C2=CC=CCC2)nc(-c2ccccc2)n1. The number of aromatic nitrogens is 3. The molecule has 5 rings (SSSR count). The highest BCUT2D eigenvalue weighted by Crippen LogP contribution is 2.36. The fourth-order valence-electron chi connectivity index (χ4n) is 3.63. The summed E-state index contributed by atoms with van der Waals surface area (Å²) in [4.78, 5) is 14.3. The molecule has 0 amide bonds. The van der Waals surface area contributed by atoms with Crippen molar-refractivity contribution in [2.45, 2.75) is 12.8 Å². The van der Waals surface area contributed by atoms with E-state index in [0.717, 1.165) is 34.8 Å². The fourth-order valence-corrected chi connectivity index (χ4v) is 3.63. The van der Waals surface area contributed by atoms with E-state index in [1.165, 1.54) is 0 Å². The van der Waals surface area contributed by atoms with Gasteiger partial charge >= 0.3 is 0 Å². The van der Waals surface area contributed by atoms with Gasteiger partial charge in [-0.25, -0.2) is 15.0 Å². The Bertz CT molecular complexity index is 1260. The number of phenolic OH excluding ortho intramolecular Hbond substituents is 1. The molecule has 0 fully saturated rings. The number of nitrogens with zero attached hydrogens (tertiary/aromatic N) is 3. The molecule has 0 radical (unpaired) electrons. The Hall–Kier alpha value is -3.79. The third kappa shape index (κ3) is 3.29. The molecule has 3 aromatic carbocycles. The lowest BCUT2D eigenvalue weighted by Crippen LogP contribution is -2.04. The van der Waals surface area contributed by atoms with Crippen molar-refractivity contribution in [3.8, 4) is 28.5 Å². The van der Waals surface area contributed by atoms with E-state index in [0.29, 0.717) is 23.0 Å². The molecule has 29 heavy (non-hydrogen) atoms. The molecule has 0 saturated heterocycles. The van der Waals surface area contributed by atoms with Gasteiger partial charge in [-0.2, -0.15) is 0 Å². The van der Waals surface area contributed by atoms with Crippen molar-refractivity contribution >= 4 is 16.3 Å². The molecule has 4 heteroatoms. The highest BCUT2D eigenvalue weighted by atomic mass is 16.3. The zero-order valence-corrected chi connectivity index (χ0v) is 15.8. The second-order valence-electron chi connectivity index (χ2n) is 7.01. The van der Waals surface area contributed by atoms with Gasteiger partial charge in [0.25, 0.3) is 0 Å². The van der Waals surface area contributed by atoms with E-state index in [9.17, 15) is 5.11 Å². The van der Waals surface area contributed by atoms with Gasteiger partial charge < -0.3 is 5.11 Å². The summed E-state index contributed by atoms with van der Waals surface area (Å²) < 4.78 is 0. The second-order valence-corrected chi connectivity index (χ2v) is 7.01. The summed E-state index contributed by atoms with van der Waals surface area (Å²) in [5, 5.41) is 12.6. The van der Waals surface area contributed by atoms with Crippen molar-refractivity contribution in [3.05, 3.63) is 90.8 Å². The van der Waals surface area contributed by atoms with Crippen LogP contribution in [0.1, 0.15) is 18.7 Å². The fraction of sp³-hybridized carbons (Fsp3) is 0.0800. The Morgan fingerprint density at radius 1 is 0.724 bits per heavy atom. The molecule has 0 bridgehead atoms. The summed E-state index contributed by atoms with van der Waals surface area (Å²) in [6.45, 7) is 0. The maximum atomic E-state index is 10.7. The molecule has 1 aliphatic rings. The number of benzene rings is 3. The van der Waals surface area contributed by atoms with Crippen molar-refractivity contribution in [2.24, 2.45) is 0 Å². The molecule has 1 aliphatic carbocycles. The van der Waals surface area contributed by atoms with Crippen molar-refractivity contribution in [1.82, 2.24) is 15.0 Å². The van der Waals surface area contributed by atoms with Crippen LogP contribution >= 0.6 is 0 Å². The van der Waals surface area contributed by atoms with E-state index in [1.807, 2.05) is 66.7 Å². The van der Waals surface area contributed by atoms with Crippen molar-refractivity contribution < 1.29 is 5.11 Å². The Morgan fingerprint density at radius 2 is 1.48 bits per heavy atom. The molecule has 1 heterocycles. The van der Waals surface area contributed by atoms with Crippen LogP contribution < -0.4 is 0 Å². The summed E-state index contributed by atoms with van der Waals surface area (Å²) >= 11 is 0. The molecule has 1 N–H and O–H groups in total. The van der Waals surface area contributed by atoms with Crippen LogP contribution in [0.3, 0.4) is 0 Å². The lowest BCUT2D eigenvalue weighted by atomic mass is 10.0. The lowest BCUT2D eigenvalue weighted by molar-refractivity contribution is 0.477. The summed E-state index contributed by atoms with van der Waals surface area (Å²) in [5.74, 6) is 1.91. The minimum Gasteiger partial charge on any atom is -0.507 e. The van der Waals surface area contributed by atoms with Crippen LogP contribution in [0, 0.1) is 0 Å². The van der Waals surface area contributed by atoms with Gasteiger partial charge in [-0.3, -0.25) is 0 Å². The maximum Gasteiger partial charge on any atom is 0.168 e. The first-order valence-electron chi connectivity index (χ1n) is 9.68. The Balaban J connectivity index is 1.78. The molecule has 0 saturated carbocycles. The van der Waals surface area contributed by atoms with Crippen molar-refractivity contribution in [3.63, 3.8) is 0 Å². The number of allylic oxidation sites excluding steroid dienone is 4. The first-order chi connectivity index (χ1) is 14.3. The van der Waals surface area contributed by atoms with Crippen molar-refractivity contribution in [2.75, 3.05) is 0 Å². The Labute approximate surface area is 168 Å². The number of hydrogen-bond donors (Lipinski definition) is 1. The molecule has 4 nitrogen and oxygen atoms in total. The largest absolute Gasteiger partial charge is 0.507 e. The first kappa shape index (κ1) is 17.3. The van der Waals surface area contributed by atoms with E-state index >= 15 is 0 Å². The molecular formula is C25H19N3O. The van der Waals surface area contributed by atoms with Gasteiger partial charge in [0.2, 0.25) is 0 Å². The highest BCUT2D eigenvalue weighted by Gasteiger charge is 2.18. The zero-order chi connectivity index (χ0) is 19.6. The predicted octanol–water partition coefficient (Wildman–Crippen LogP) is 5.80. The number of phenols is 1. The standard InChI is InChI=1S/C25H19N3O/c29-21-16-15-17-9-7-8-14-20(17)22(21)25-27-23(18-10-3-1-4-11-18)26-24(28-25)19-12-5-2-6-13-19/h1-5,7-12,14-16,29H,6,13H2. The molecule has 0 unspecified atom stereocenters. The topological polar surface area (TPSA) is 58.9 Å². The second kappa shape index (κ2) is 7.32. The van der Waals surface area contributed by atoms with Crippen molar-refractivity contribution in [1.29, 1.82) is 0 Å². The van der Waals surface area contributed by atoms with E-state index in [4.69, 9.17) is 15.0 Å². The summed E-state index contributed by atoms with van der Waals surface area (Å²) in [5.41, 5.74) is 2.63. The molecule has 0 spiro atoms. The normalized spacial score (nSPS) is 13.4. The summed E-state index contributed by atoms with van der Waals surface area (Å²) in [6.07, 6.45) is 8.09. The predicted molar refractivity (Wildman–Crippen MR) is 116 cm³/mol. The van der Waals surface area contributed by atoms with Crippen LogP contribution in [0.4, 0.5) is 0 Å². The molecule has 4 aromatic rings. The molecule has 0 atom stereocenters.